The maximum absolute atomic E-state index is 13.9. The quantitative estimate of drug-likeness (QED) is 0.487. The zero-order chi connectivity index (χ0) is 16.4. The third-order valence-electron chi connectivity index (χ3n) is 3.91. The largest absolute Gasteiger partial charge is 0.336 e. The topological polar surface area (TPSA) is 63.5 Å². The molecule has 8 heteroatoms. The fraction of sp³-hybridized carbons (Fsp3) is 0.500. The molecular formula is C14H15F3N2O3. The van der Waals surface area contributed by atoms with Gasteiger partial charge >= 0.3 is 5.69 Å². The molecule has 22 heavy (non-hydrogen) atoms. The van der Waals surface area contributed by atoms with Crippen LogP contribution in [0.15, 0.2) is 6.07 Å². The molecule has 1 atom stereocenters. The number of likely N-dealkylation sites (tertiary alicyclic amines) is 1. The minimum absolute atomic E-state index is 0.132. The first kappa shape index (κ1) is 16.3. The van der Waals surface area contributed by atoms with Crippen molar-refractivity contribution < 1.29 is 22.9 Å². The summed E-state index contributed by atoms with van der Waals surface area (Å²) in [6, 6.07) is 0.338. The molecule has 0 aliphatic carbocycles. The number of amides is 1. The molecule has 0 saturated carbocycles. The molecular weight excluding hydrogens is 301 g/mol. The van der Waals surface area contributed by atoms with Gasteiger partial charge in [-0.05, 0) is 25.7 Å². The molecule has 0 aromatic heterocycles. The lowest BCUT2D eigenvalue weighted by Crippen LogP contribution is -2.43. The van der Waals surface area contributed by atoms with Gasteiger partial charge < -0.3 is 4.90 Å². The molecule has 1 fully saturated rings. The first-order valence-corrected chi connectivity index (χ1v) is 7.01. The molecule has 0 radical (unpaired) electrons. The van der Waals surface area contributed by atoms with Gasteiger partial charge in [-0.1, -0.05) is 6.92 Å². The van der Waals surface area contributed by atoms with Gasteiger partial charge in [-0.2, -0.15) is 4.39 Å². The molecule has 1 saturated heterocycles. The monoisotopic (exact) mass is 316 g/mol. The smallest absolute Gasteiger partial charge is 0.308 e. The van der Waals surface area contributed by atoms with Crippen LogP contribution in [-0.2, 0) is 0 Å². The fourth-order valence-electron chi connectivity index (χ4n) is 2.73. The summed E-state index contributed by atoms with van der Waals surface area (Å²) in [5.74, 6) is -6.42. The molecule has 1 aromatic rings. The Morgan fingerprint density at radius 3 is 2.59 bits per heavy atom. The van der Waals surface area contributed by atoms with Crippen molar-refractivity contribution in [2.24, 2.45) is 0 Å². The molecule has 1 amide bonds. The van der Waals surface area contributed by atoms with Crippen molar-refractivity contribution in [3.63, 3.8) is 0 Å². The Labute approximate surface area is 124 Å². The Morgan fingerprint density at radius 1 is 1.32 bits per heavy atom. The fourth-order valence-corrected chi connectivity index (χ4v) is 2.73. The summed E-state index contributed by atoms with van der Waals surface area (Å²) in [4.78, 5) is 23.3. The van der Waals surface area contributed by atoms with Crippen LogP contribution in [0.5, 0.6) is 0 Å². The average Bonchev–Trinajstić information content (AvgIpc) is 2.52. The van der Waals surface area contributed by atoms with E-state index < -0.39 is 39.5 Å². The first-order valence-electron chi connectivity index (χ1n) is 7.01. The van der Waals surface area contributed by atoms with Crippen molar-refractivity contribution >= 4 is 11.6 Å². The van der Waals surface area contributed by atoms with Crippen LogP contribution in [0.4, 0.5) is 18.9 Å². The van der Waals surface area contributed by atoms with Gasteiger partial charge in [0, 0.05) is 18.7 Å². The SMILES string of the molecule is CCC1CCCCN1C(=O)c1cc([N+](=O)[O-])c(F)c(F)c1F. The zero-order valence-electron chi connectivity index (χ0n) is 11.9. The second-order valence-electron chi connectivity index (χ2n) is 5.20. The van der Waals surface area contributed by atoms with Gasteiger partial charge in [0.2, 0.25) is 11.6 Å². The Kier molecular flexibility index (Phi) is 4.68. The number of carbonyl (C=O) groups excluding carboxylic acids is 1. The highest BCUT2D eigenvalue weighted by atomic mass is 19.2. The highest BCUT2D eigenvalue weighted by Gasteiger charge is 2.33. The zero-order valence-corrected chi connectivity index (χ0v) is 11.9. The maximum Gasteiger partial charge on any atom is 0.308 e. The van der Waals surface area contributed by atoms with E-state index in [9.17, 15) is 28.1 Å². The van der Waals surface area contributed by atoms with E-state index in [0.29, 0.717) is 19.0 Å². The van der Waals surface area contributed by atoms with Gasteiger partial charge in [-0.3, -0.25) is 14.9 Å². The number of benzene rings is 1. The summed E-state index contributed by atoms with van der Waals surface area (Å²) >= 11 is 0. The number of nitro benzene ring substituents is 1. The molecule has 1 aromatic carbocycles. The Bertz CT molecular complexity index is 622. The van der Waals surface area contributed by atoms with Crippen LogP contribution in [0.1, 0.15) is 43.0 Å². The molecule has 5 nitrogen and oxygen atoms in total. The van der Waals surface area contributed by atoms with Crippen molar-refractivity contribution in [1.82, 2.24) is 4.90 Å². The first-order chi connectivity index (χ1) is 10.4. The molecule has 1 aliphatic rings. The number of nitro groups is 1. The molecule has 1 aliphatic heterocycles. The van der Waals surface area contributed by atoms with E-state index in [4.69, 9.17) is 0 Å². The lowest BCUT2D eigenvalue weighted by Gasteiger charge is -2.35. The van der Waals surface area contributed by atoms with E-state index in [1.54, 1.807) is 0 Å². The third-order valence-corrected chi connectivity index (χ3v) is 3.91. The molecule has 120 valence electrons. The lowest BCUT2D eigenvalue weighted by molar-refractivity contribution is -0.387. The number of carbonyl (C=O) groups is 1. The summed E-state index contributed by atoms with van der Waals surface area (Å²) in [5.41, 5.74) is -2.04. The Morgan fingerprint density at radius 2 is 2.00 bits per heavy atom. The number of hydrogen-bond donors (Lipinski definition) is 0. The van der Waals surface area contributed by atoms with Crippen LogP contribution in [0.3, 0.4) is 0 Å². The van der Waals surface area contributed by atoms with Gasteiger partial charge in [-0.15, -0.1) is 0 Å². The lowest BCUT2D eigenvalue weighted by atomic mass is 9.98. The van der Waals surface area contributed by atoms with E-state index in [2.05, 4.69) is 0 Å². The Hall–Kier alpha value is -2.12. The van der Waals surface area contributed by atoms with Crippen molar-refractivity contribution in [1.29, 1.82) is 0 Å². The minimum atomic E-state index is -2.00. The highest BCUT2D eigenvalue weighted by molar-refractivity contribution is 5.95. The van der Waals surface area contributed by atoms with Crippen LogP contribution in [-0.4, -0.2) is 28.3 Å². The van der Waals surface area contributed by atoms with Crippen LogP contribution >= 0.6 is 0 Å². The van der Waals surface area contributed by atoms with E-state index in [-0.39, 0.29) is 6.04 Å². The summed E-state index contributed by atoms with van der Waals surface area (Å²) < 4.78 is 40.7. The molecule has 2 rings (SSSR count). The summed E-state index contributed by atoms with van der Waals surface area (Å²) in [5, 5.41) is 10.7. The average molecular weight is 316 g/mol. The second-order valence-corrected chi connectivity index (χ2v) is 5.20. The summed E-state index contributed by atoms with van der Waals surface area (Å²) in [6.07, 6.45) is 3.01. The van der Waals surface area contributed by atoms with Crippen LogP contribution in [0.25, 0.3) is 0 Å². The van der Waals surface area contributed by atoms with E-state index in [0.717, 1.165) is 19.3 Å². The molecule has 1 heterocycles. The van der Waals surface area contributed by atoms with Crippen LogP contribution in [0, 0.1) is 27.6 Å². The number of nitrogens with zero attached hydrogens (tertiary/aromatic N) is 2. The minimum Gasteiger partial charge on any atom is -0.336 e. The van der Waals surface area contributed by atoms with Crippen LogP contribution < -0.4 is 0 Å². The number of rotatable bonds is 3. The third kappa shape index (κ3) is 2.77. The van der Waals surface area contributed by atoms with E-state index in [1.807, 2.05) is 6.92 Å². The summed E-state index contributed by atoms with van der Waals surface area (Å²) in [7, 11) is 0. The number of piperidine rings is 1. The van der Waals surface area contributed by atoms with Crippen molar-refractivity contribution in [2.45, 2.75) is 38.6 Å². The Balaban J connectivity index is 2.47. The maximum atomic E-state index is 13.9. The van der Waals surface area contributed by atoms with Crippen molar-refractivity contribution in [3.05, 3.63) is 39.2 Å². The van der Waals surface area contributed by atoms with Gasteiger partial charge in [0.15, 0.2) is 5.82 Å². The van der Waals surface area contributed by atoms with Gasteiger partial charge in [0.1, 0.15) is 0 Å². The van der Waals surface area contributed by atoms with Crippen molar-refractivity contribution in [2.75, 3.05) is 6.54 Å². The highest BCUT2D eigenvalue weighted by Crippen LogP contribution is 2.28. The van der Waals surface area contributed by atoms with E-state index >= 15 is 0 Å². The van der Waals surface area contributed by atoms with Gasteiger partial charge in [-0.25, -0.2) is 8.78 Å². The van der Waals surface area contributed by atoms with Crippen molar-refractivity contribution in [3.8, 4) is 0 Å². The molecule has 0 bridgehead atoms. The standard InChI is InChI=1S/C14H15F3N2O3/c1-2-8-5-3-4-6-18(8)14(20)9-7-10(19(21)22)12(16)13(17)11(9)15/h7-8H,2-6H2,1H3. The number of hydrogen-bond acceptors (Lipinski definition) is 3. The molecule has 0 N–H and O–H groups in total. The molecule has 0 spiro atoms. The molecule has 1 unspecified atom stereocenters. The van der Waals surface area contributed by atoms with Gasteiger partial charge in [0.05, 0.1) is 10.5 Å². The van der Waals surface area contributed by atoms with E-state index in [1.165, 1.54) is 4.90 Å². The number of halogens is 3. The van der Waals surface area contributed by atoms with Crippen LogP contribution in [0.2, 0.25) is 0 Å². The predicted molar refractivity (Wildman–Crippen MR) is 71.9 cm³/mol. The van der Waals surface area contributed by atoms with Gasteiger partial charge in [0.25, 0.3) is 5.91 Å². The second kappa shape index (κ2) is 6.33. The summed E-state index contributed by atoms with van der Waals surface area (Å²) in [6.45, 7) is 2.23. The predicted octanol–water partition coefficient (Wildman–Crippen LogP) is 3.42. The normalized spacial score (nSPS) is 18.4.